The van der Waals surface area contributed by atoms with Crippen LogP contribution < -0.4 is 4.90 Å². The number of carbonyl (C=O) groups excluding carboxylic acids is 1. The van der Waals surface area contributed by atoms with Crippen molar-refractivity contribution in [2.75, 3.05) is 24.5 Å². The van der Waals surface area contributed by atoms with Gasteiger partial charge in [0.25, 0.3) is 0 Å². The molecule has 3 heterocycles. The number of rotatable bonds is 3. The van der Waals surface area contributed by atoms with Gasteiger partial charge in [0.15, 0.2) is 0 Å². The normalized spacial score (nSPS) is 20.6. The predicted octanol–water partition coefficient (Wildman–Crippen LogP) is 2.75. The Hall–Kier alpha value is -2.14. The zero-order valence-corrected chi connectivity index (χ0v) is 15.1. The molecule has 1 spiro atoms. The summed E-state index contributed by atoms with van der Waals surface area (Å²) in [5.41, 5.74) is 3.44. The second-order valence-corrected chi connectivity index (χ2v) is 7.62. The Bertz CT molecular complexity index is 756. The molecule has 1 amide bonds. The summed E-state index contributed by atoms with van der Waals surface area (Å²) in [7, 11) is 1.89. The lowest BCUT2D eigenvalue weighted by Crippen LogP contribution is -2.44. The van der Waals surface area contributed by atoms with Gasteiger partial charge in [-0.05, 0) is 44.8 Å². The average Bonchev–Trinajstić information content (AvgIpc) is 3.17. The van der Waals surface area contributed by atoms with Crippen molar-refractivity contribution in [1.29, 1.82) is 0 Å². The van der Waals surface area contributed by atoms with Crippen molar-refractivity contribution in [1.82, 2.24) is 14.7 Å². The van der Waals surface area contributed by atoms with Gasteiger partial charge < -0.3 is 4.90 Å². The van der Waals surface area contributed by atoms with Gasteiger partial charge in [-0.2, -0.15) is 5.10 Å². The fraction of sp³-hybridized carbons (Fsp3) is 0.500. The molecule has 0 saturated carbocycles. The van der Waals surface area contributed by atoms with Gasteiger partial charge in [-0.25, -0.2) is 0 Å². The molecule has 4 rings (SSSR count). The van der Waals surface area contributed by atoms with Gasteiger partial charge >= 0.3 is 0 Å². The molecule has 1 aromatic carbocycles. The van der Waals surface area contributed by atoms with E-state index in [4.69, 9.17) is 0 Å². The van der Waals surface area contributed by atoms with Gasteiger partial charge in [0.1, 0.15) is 0 Å². The molecular weight excluding hydrogens is 312 g/mol. The molecule has 5 nitrogen and oxygen atoms in total. The maximum Gasteiger partial charge on any atom is 0.233 e. The van der Waals surface area contributed by atoms with E-state index in [0.717, 1.165) is 51.1 Å². The molecule has 0 aliphatic carbocycles. The van der Waals surface area contributed by atoms with Crippen LogP contribution in [0.2, 0.25) is 0 Å². The number of aryl methyl sites for hydroxylation is 2. The van der Waals surface area contributed by atoms with Crippen molar-refractivity contribution in [2.45, 2.75) is 32.7 Å². The smallest absolute Gasteiger partial charge is 0.233 e. The Morgan fingerprint density at radius 2 is 1.76 bits per heavy atom. The fourth-order valence-corrected chi connectivity index (χ4v) is 4.17. The topological polar surface area (TPSA) is 41.4 Å². The summed E-state index contributed by atoms with van der Waals surface area (Å²) in [6.45, 7) is 5.93. The van der Waals surface area contributed by atoms with Crippen LogP contribution in [-0.4, -0.2) is 40.2 Å². The largest absolute Gasteiger partial charge is 0.309 e. The lowest BCUT2D eigenvalue weighted by molar-refractivity contribution is -0.128. The van der Waals surface area contributed by atoms with Gasteiger partial charge in [0.2, 0.25) is 5.91 Å². The van der Waals surface area contributed by atoms with Crippen LogP contribution in [0.1, 0.15) is 30.4 Å². The number of amides is 1. The first-order valence-corrected chi connectivity index (χ1v) is 9.14. The summed E-state index contributed by atoms with van der Waals surface area (Å²) in [6.07, 6.45) is 6.63. The van der Waals surface area contributed by atoms with Gasteiger partial charge in [-0.3, -0.25) is 14.4 Å². The zero-order chi connectivity index (χ0) is 17.4. The standard InChI is InChI=1S/C20H26N4O/c1-16-3-5-17(6-4-16)14-23-10-7-20(8-11-23)9-12-24(19(20)25)18-13-21-22(2)15-18/h3-6,13,15H,7-12,14H2,1-2H3. The second kappa shape index (κ2) is 6.30. The Labute approximate surface area is 149 Å². The Morgan fingerprint density at radius 1 is 1.08 bits per heavy atom. The summed E-state index contributed by atoms with van der Waals surface area (Å²) in [4.78, 5) is 17.5. The molecule has 1 aromatic heterocycles. The Morgan fingerprint density at radius 3 is 2.40 bits per heavy atom. The first kappa shape index (κ1) is 16.3. The third-order valence-electron chi connectivity index (χ3n) is 5.86. The van der Waals surface area contributed by atoms with Gasteiger partial charge in [-0.1, -0.05) is 29.8 Å². The van der Waals surface area contributed by atoms with Crippen LogP contribution in [0.5, 0.6) is 0 Å². The molecule has 0 radical (unpaired) electrons. The first-order chi connectivity index (χ1) is 12.1. The van der Waals surface area contributed by atoms with Crippen molar-refractivity contribution >= 4 is 11.6 Å². The molecule has 0 N–H and O–H groups in total. The van der Waals surface area contributed by atoms with E-state index in [9.17, 15) is 4.79 Å². The molecule has 0 atom stereocenters. The number of anilines is 1. The van der Waals surface area contributed by atoms with E-state index in [1.807, 2.05) is 18.1 Å². The highest BCUT2D eigenvalue weighted by Gasteiger charge is 2.48. The van der Waals surface area contributed by atoms with Crippen molar-refractivity contribution in [3.63, 3.8) is 0 Å². The maximum absolute atomic E-state index is 13.1. The molecule has 2 saturated heterocycles. The monoisotopic (exact) mass is 338 g/mol. The van der Waals surface area contributed by atoms with Crippen molar-refractivity contribution in [3.8, 4) is 0 Å². The molecule has 132 valence electrons. The number of hydrogen-bond acceptors (Lipinski definition) is 3. The van der Waals surface area contributed by atoms with E-state index in [0.29, 0.717) is 5.91 Å². The minimum absolute atomic E-state index is 0.153. The quantitative estimate of drug-likeness (QED) is 0.864. The van der Waals surface area contributed by atoms with Crippen LogP contribution in [0.3, 0.4) is 0 Å². The highest BCUT2D eigenvalue weighted by molar-refractivity contribution is 5.99. The first-order valence-electron chi connectivity index (χ1n) is 9.14. The molecule has 0 unspecified atom stereocenters. The molecule has 25 heavy (non-hydrogen) atoms. The Balaban J connectivity index is 1.39. The third kappa shape index (κ3) is 3.09. The molecule has 2 fully saturated rings. The number of carbonyl (C=O) groups is 1. The van der Waals surface area contributed by atoms with Crippen LogP contribution in [0.15, 0.2) is 36.7 Å². The summed E-state index contributed by atoms with van der Waals surface area (Å²) in [6, 6.07) is 8.77. The van der Waals surface area contributed by atoms with Gasteiger partial charge in [-0.15, -0.1) is 0 Å². The highest BCUT2D eigenvalue weighted by atomic mass is 16.2. The molecule has 2 aromatic rings. The minimum Gasteiger partial charge on any atom is -0.309 e. The van der Waals surface area contributed by atoms with E-state index in [1.54, 1.807) is 10.9 Å². The van der Waals surface area contributed by atoms with Gasteiger partial charge in [0.05, 0.1) is 17.3 Å². The van der Waals surface area contributed by atoms with Crippen LogP contribution in [0, 0.1) is 12.3 Å². The summed E-state index contributed by atoms with van der Waals surface area (Å²) in [5, 5.41) is 4.21. The van der Waals surface area contributed by atoms with Crippen molar-refractivity contribution in [3.05, 3.63) is 47.8 Å². The number of benzene rings is 1. The molecule has 5 heteroatoms. The van der Waals surface area contributed by atoms with Crippen LogP contribution in [0.4, 0.5) is 5.69 Å². The maximum atomic E-state index is 13.1. The van der Waals surface area contributed by atoms with E-state index in [2.05, 4.69) is 41.2 Å². The number of hydrogen-bond donors (Lipinski definition) is 0. The number of nitrogens with zero attached hydrogens (tertiary/aromatic N) is 4. The van der Waals surface area contributed by atoms with Crippen LogP contribution in [-0.2, 0) is 18.4 Å². The molecular formula is C20H26N4O. The second-order valence-electron chi connectivity index (χ2n) is 7.62. The molecule has 2 aliphatic heterocycles. The lowest BCUT2D eigenvalue weighted by Gasteiger charge is -2.38. The van der Waals surface area contributed by atoms with E-state index >= 15 is 0 Å². The van der Waals surface area contributed by atoms with Gasteiger partial charge in [0, 0.05) is 26.3 Å². The molecule has 0 bridgehead atoms. The third-order valence-corrected chi connectivity index (χ3v) is 5.86. The SMILES string of the molecule is Cc1ccc(CN2CCC3(CC2)CCN(c2cnn(C)c2)C3=O)cc1. The molecule has 2 aliphatic rings. The number of likely N-dealkylation sites (tertiary alicyclic amines) is 1. The Kier molecular flexibility index (Phi) is 4.12. The van der Waals surface area contributed by atoms with Crippen LogP contribution >= 0.6 is 0 Å². The highest BCUT2D eigenvalue weighted by Crippen LogP contribution is 2.43. The average molecular weight is 338 g/mol. The summed E-state index contributed by atoms with van der Waals surface area (Å²) < 4.78 is 1.76. The lowest BCUT2D eigenvalue weighted by atomic mass is 9.77. The van der Waals surface area contributed by atoms with Crippen LogP contribution in [0.25, 0.3) is 0 Å². The van der Waals surface area contributed by atoms with E-state index in [1.165, 1.54) is 11.1 Å². The summed E-state index contributed by atoms with van der Waals surface area (Å²) >= 11 is 0. The minimum atomic E-state index is -0.153. The van der Waals surface area contributed by atoms with E-state index in [-0.39, 0.29) is 5.41 Å². The predicted molar refractivity (Wildman–Crippen MR) is 98.3 cm³/mol. The van der Waals surface area contributed by atoms with Crippen molar-refractivity contribution < 1.29 is 4.79 Å². The number of piperidine rings is 1. The summed E-state index contributed by atoms with van der Waals surface area (Å²) in [5.74, 6) is 0.301. The van der Waals surface area contributed by atoms with E-state index < -0.39 is 0 Å². The zero-order valence-electron chi connectivity index (χ0n) is 15.1. The van der Waals surface area contributed by atoms with Crippen molar-refractivity contribution in [2.24, 2.45) is 12.5 Å². The number of aromatic nitrogens is 2. The fourth-order valence-electron chi connectivity index (χ4n) is 4.17.